The summed E-state index contributed by atoms with van der Waals surface area (Å²) in [4.78, 5) is 26.6. The van der Waals surface area contributed by atoms with Crippen LogP contribution in [0.3, 0.4) is 0 Å². The number of rotatable bonds is 8. The highest BCUT2D eigenvalue weighted by Crippen LogP contribution is 2.44. The van der Waals surface area contributed by atoms with Gasteiger partial charge in [0.25, 0.3) is 10.0 Å². The average molecular weight is 496 g/mol. The minimum Gasteiger partial charge on any atom is -0.494 e. The molecule has 2 aromatic rings. The smallest absolute Gasteiger partial charge is 0.252 e. The van der Waals surface area contributed by atoms with Gasteiger partial charge in [-0.2, -0.15) is 4.31 Å². The minimum absolute atomic E-state index is 0.164. The second-order valence-corrected chi connectivity index (χ2v) is 11.9. The zero-order chi connectivity index (χ0) is 22.7. The molecule has 0 atom stereocenters. The monoisotopic (exact) mass is 495 g/mol. The summed E-state index contributed by atoms with van der Waals surface area (Å²) in [7, 11) is -3.57. The number of para-hydroxylation sites is 1. The number of thioether (sulfide) groups is 1. The fraction of sp³-hybridized carbons (Fsp3) is 0.429. The molecule has 3 heterocycles. The van der Waals surface area contributed by atoms with Gasteiger partial charge in [-0.15, -0.1) is 23.1 Å². The Kier molecular flexibility index (Phi) is 7.08. The van der Waals surface area contributed by atoms with Crippen molar-refractivity contribution in [3.05, 3.63) is 35.9 Å². The van der Waals surface area contributed by atoms with Crippen LogP contribution in [0.15, 0.2) is 38.8 Å². The molecule has 2 amide bonds. The first-order chi connectivity index (χ1) is 15.4. The number of benzene rings is 1. The normalized spacial score (nSPS) is 16.8. The van der Waals surface area contributed by atoms with Crippen molar-refractivity contribution >= 4 is 50.6 Å². The Labute approximate surface area is 196 Å². The molecule has 11 heteroatoms. The van der Waals surface area contributed by atoms with E-state index in [4.69, 9.17) is 4.74 Å². The number of carbonyl (C=O) groups excluding carboxylic acids is 2. The number of sulfonamides is 1. The van der Waals surface area contributed by atoms with Crippen molar-refractivity contribution in [2.24, 2.45) is 0 Å². The molecule has 1 saturated heterocycles. The molecular weight excluding hydrogens is 470 g/mol. The van der Waals surface area contributed by atoms with E-state index in [1.54, 1.807) is 0 Å². The third kappa shape index (κ3) is 4.80. The summed E-state index contributed by atoms with van der Waals surface area (Å²) in [5, 5.41) is 2.84. The molecule has 4 rings (SSSR count). The van der Waals surface area contributed by atoms with Gasteiger partial charge in [-0.25, -0.2) is 8.42 Å². The molecule has 0 aliphatic carbocycles. The van der Waals surface area contributed by atoms with Gasteiger partial charge in [-0.1, -0.05) is 18.2 Å². The Hall–Kier alpha value is -2.08. The lowest BCUT2D eigenvalue weighted by Gasteiger charge is -2.25. The van der Waals surface area contributed by atoms with Gasteiger partial charge in [0, 0.05) is 25.2 Å². The van der Waals surface area contributed by atoms with Crippen LogP contribution in [0.1, 0.15) is 25.3 Å². The first-order valence-electron chi connectivity index (χ1n) is 10.4. The van der Waals surface area contributed by atoms with Crippen LogP contribution in [-0.2, 0) is 26.2 Å². The van der Waals surface area contributed by atoms with Crippen molar-refractivity contribution in [1.29, 1.82) is 0 Å². The fourth-order valence-corrected chi connectivity index (χ4v) is 8.11. The Morgan fingerprint density at radius 2 is 1.97 bits per heavy atom. The third-order valence-corrected chi connectivity index (χ3v) is 10.0. The SMILES string of the molecule is CCOc1ccccc1CNC(=O)CN1C(=O)CSc2sc(S(=O)(=O)N3CCCC3)cc21. The number of ether oxygens (including phenoxy) is 1. The number of nitrogens with one attached hydrogen (secondary N) is 1. The van der Waals surface area contributed by atoms with Gasteiger partial charge in [0.15, 0.2) is 0 Å². The fourth-order valence-electron chi connectivity index (χ4n) is 3.67. The highest BCUT2D eigenvalue weighted by atomic mass is 32.3. The standard InChI is InChI=1S/C21H25N3O5S3/c1-2-29-17-8-4-3-7-15(17)12-22-18(25)13-24-16-11-20(31-21(16)30-14-19(24)26)32(27,28)23-9-5-6-10-23/h3-4,7-8,11H,2,5-6,9-10,12-14H2,1H3,(H,22,25). The number of hydrogen-bond acceptors (Lipinski definition) is 7. The van der Waals surface area contributed by atoms with E-state index < -0.39 is 10.0 Å². The molecule has 32 heavy (non-hydrogen) atoms. The molecule has 2 aliphatic rings. The lowest BCUT2D eigenvalue weighted by atomic mass is 10.2. The maximum Gasteiger partial charge on any atom is 0.252 e. The molecule has 1 aromatic carbocycles. The summed E-state index contributed by atoms with van der Waals surface area (Å²) < 4.78 is 33.9. The second kappa shape index (κ2) is 9.82. The van der Waals surface area contributed by atoms with E-state index in [9.17, 15) is 18.0 Å². The van der Waals surface area contributed by atoms with Crippen LogP contribution in [0, 0.1) is 0 Å². The molecule has 0 radical (unpaired) electrons. The van der Waals surface area contributed by atoms with E-state index in [1.165, 1.54) is 38.4 Å². The topological polar surface area (TPSA) is 96.0 Å². The van der Waals surface area contributed by atoms with Gasteiger partial charge in [0.1, 0.15) is 16.5 Å². The molecule has 8 nitrogen and oxygen atoms in total. The zero-order valence-electron chi connectivity index (χ0n) is 17.7. The maximum absolute atomic E-state index is 12.9. The van der Waals surface area contributed by atoms with Crippen molar-refractivity contribution < 1.29 is 22.7 Å². The summed E-state index contributed by atoms with van der Waals surface area (Å²) in [5.41, 5.74) is 1.34. The second-order valence-electron chi connectivity index (χ2n) is 7.44. The van der Waals surface area contributed by atoms with Crippen molar-refractivity contribution in [2.45, 2.75) is 34.7 Å². The molecule has 0 unspecified atom stereocenters. The minimum atomic E-state index is -3.57. The van der Waals surface area contributed by atoms with E-state index in [2.05, 4.69) is 5.32 Å². The average Bonchev–Trinajstić information content (AvgIpc) is 3.46. The quantitative estimate of drug-likeness (QED) is 0.605. The number of hydrogen-bond donors (Lipinski definition) is 1. The molecule has 172 valence electrons. The van der Waals surface area contributed by atoms with Crippen LogP contribution in [-0.4, -0.2) is 56.5 Å². The van der Waals surface area contributed by atoms with Crippen molar-refractivity contribution in [1.82, 2.24) is 9.62 Å². The van der Waals surface area contributed by atoms with Crippen molar-refractivity contribution in [3.8, 4) is 5.75 Å². The summed E-state index contributed by atoms with van der Waals surface area (Å²) in [6, 6.07) is 8.99. The van der Waals surface area contributed by atoms with Gasteiger partial charge in [0.2, 0.25) is 11.8 Å². The van der Waals surface area contributed by atoms with Crippen LogP contribution >= 0.6 is 23.1 Å². The van der Waals surface area contributed by atoms with Crippen LogP contribution in [0.4, 0.5) is 5.69 Å². The maximum atomic E-state index is 12.9. The van der Waals surface area contributed by atoms with Crippen LogP contribution in [0.5, 0.6) is 5.75 Å². The number of fused-ring (bicyclic) bond motifs is 1. The van der Waals surface area contributed by atoms with Crippen molar-refractivity contribution in [3.63, 3.8) is 0 Å². The molecule has 1 N–H and O–H groups in total. The first kappa shape index (κ1) is 23.1. The van der Waals surface area contributed by atoms with Gasteiger partial charge >= 0.3 is 0 Å². The van der Waals surface area contributed by atoms with Gasteiger partial charge in [-0.05, 0) is 31.9 Å². The predicted octanol–water partition coefficient (Wildman–Crippen LogP) is 2.69. The van der Waals surface area contributed by atoms with E-state index >= 15 is 0 Å². The van der Waals surface area contributed by atoms with E-state index in [1.807, 2.05) is 31.2 Å². The number of amides is 2. The highest BCUT2D eigenvalue weighted by molar-refractivity contribution is 8.02. The molecule has 0 saturated carbocycles. The Balaban J connectivity index is 1.47. The number of anilines is 1. The van der Waals surface area contributed by atoms with Crippen LogP contribution < -0.4 is 15.0 Å². The van der Waals surface area contributed by atoms with Crippen LogP contribution in [0.2, 0.25) is 0 Å². The third-order valence-electron chi connectivity index (χ3n) is 5.28. The largest absolute Gasteiger partial charge is 0.494 e. The van der Waals surface area contributed by atoms with Crippen molar-refractivity contribution in [2.75, 3.05) is 36.9 Å². The van der Waals surface area contributed by atoms with Gasteiger partial charge in [-0.3, -0.25) is 9.59 Å². The van der Waals surface area contributed by atoms with Gasteiger partial charge in [0.05, 0.1) is 22.3 Å². The first-order valence-corrected chi connectivity index (χ1v) is 13.7. The summed E-state index contributed by atoms with van der Waals surface area (Å²) >= 11 is 2.49. The molecular formula is C21H25N3O5S3. The Bertz CT molecular complexity index is 1110. The number of nitrogens with zero attached hydrogens (tertiary/aromatic N) is 2. The van der Waals surface area contributed by atoms with E-state index in [-0.39, 0.29) is 34.9 Å². The van der Waals surface area contributed by atoms with Gasteiger partial charge < -0.3 is 15.0 Å². The number of thiophene rings is 1. The number of carbonyl (C=O) groups is 2. The summed E-state index contributed by atoms with van der Waals surface area (Å²) in [5.74, 6) is 0.350. The molecule has 2 aliphatic heterocycles. The summed E-state index contributed by atoms with van der Waals surface area (Å²) in [6.45, 7) is 3.57. The molecule has 1 fully saturated rings. The predicted molar refractivity (Wildman–Crippen MR) is 125 cm³/mol. The highest BCUT2D eigenvalue weighted by Gasteiger charge is 2.34. The molecule has 0 spiro atoms. The van der Waals surface area contributed by atoms with E-state index in [0.717, 1.165) is 22.6 Å². The zero-order valence-corrected chi connectivity index (χ0v) is 20.2. The lowest BCUT2D eigenvalue weighted by Crippen LogP contribution is -2.42. The Morgan fingerprint density at radius 1 is 1.22 bits per heavy atom. The van der Waals surface area contributed by atoms with Crippen LogP contribution in [0.25, 0.3) is 0 Å². The molecule has 0 bridgehead atoms. The molecule has 1 aromatic heterocycles. The van der Waals surface area contributed by atoms with E-state index in [0.29, 0.717) is 31.1 Å². The lowest BCUT2D eigenvalue weighted by molar-refractivity contribution is -0.123. The summed E-state index contributed by atoms with van der Waals surface area (Å²) in [6.07, 6.45) is 1.71. The Morgan fingerprint density at radius 3 is 2.72 bits per heavy atom.